The zero-order valence-electron chi connectivity index (χ0n) is 11.1. The van der Waals surface area contributed by atoms with Crippen molar-refractivity contribution in [3.63, 3.8) is 0 Å². The van der Waals surface area contributed by atoms with Crippen LogP contribution in [0.1, 0.15) is 32.3 Å². The van der Waals surface area contributed by atoms with Gasteiger partial charge < -0.3 is 15.2 Å². The molecule has 0 aromatic heterocycles. The monoisotopic (exact) mass is 255 g/mol. The molecular weight excluding hydrogens is 233 g/mol. The van der Waals surface area contributed by atoms with Crippen LogP contribution in [0.4, 0.5) is 4.39 Å². The SMILES string of the molecule is CCCNCc1cc(F)ccc1OCCC(C)O. The van der Waals surface area contributed by atoms with Gasteiger partial charge in [0.1, 0.15) is 11.6 Å². The summed E-state index contributed by atoms with van der Waals surface area (Å²) in [5, 5.41) is 12.4. The first-order valence-corrected chi connectivity index (χ1v) is 6.43. The molecule has 1 aromatic rings. The highest BCUT2D eigenvalue weighted by atomic mass is 19.1. The summed E-state index contributed by atoms with van der Waals surface area (Å²) in [4.78, 5) is 0. The molecule has 0 aliphatic heterocycles. The molecule has 1 unspecified atom stereocenters. The van der Waals surface area contributed by atoms with E-state index in [1.165, 1.54) is 12.1 Å². The van der Waals surface area contributed by atoms with E-state index in [2.05, 4.69) is 12.2 Å². The maximum atomic E-state index is 13.2. The third-order valence-corrected chi connectivity index (χ3v) is 2.56. The molecule has 18 heavy (non-hydrogen) atoms. The van der Waals surface area contributed by atoms with Gasteiger partial charge in [0.25, 0.3) is 0 Å². The highest BCUT2D eigenvalue weighted by Crippen LogP contribution is 2.20. The quantitative estimate of drug-likeness (QED) is 0.701. The number of aliphatic hydroxyl groups excluding tert-OH is 1. The topological polar surface area (TPSA) is 41.5 Å². The Morgan fingerprint density at radius 3 is 2.89 bits per heavy atom. The first kappa shape index (κ1) is 14.9. The van der Waals surface area contributed by atoms with Crippen LogP contribution in [0.25, 0.3) is 0 Å². The summed E-state index contributed by atoms with van der Waals surface area (Å²) in [5.41, 5.74) is 0.814. The summed E-state index contributed by atoms with van der Waals surface area (Å²) in [6, 6.07) is 4.52. The molecule has 3 nitrogen and oxygen atoms in total. The zero-order valence-corrected chi connectivity index (χ0v) is 11.1. The summed E-state index contributed by atoms with van der Waals surface area (Å²) in [6.45, 7) is 5.72. The van der Waals surface area contributed by atoms with Crippen molar-refractivity contribution in [1.82, 2.24) is 5.32 Å². The molecule has 0 heterocycles. The molecule has 4 heteroatoms. The molecule has 0 aliphatic carbocycles. The molecule has 0 bridgehead atoms. The van der Waals surface area contributed by atoms with Crippen molar-refractivity contribution in [2.45, 2.75) is 39.3 Å². The third kappa shape index (κ3) is 5.47. The third-order valence-electron chi connectivity index (χ3n) is 2.56. The van der Waals surface area contributed by atoms with E-state index in [1.54, 1.807) is 13.0 Å². The van der Waals surface area contributed by atoms with Crippen LogP contribution in [0.5, 0.6) is 5.75 Å². The maximum absolute atomic E-state index is 13.2. The van der Waals surface area contributed by atoms with Crippen LogP contribution in [0.3, 0.4) is 0 Å². The first-order chi connectivity index (χ1) is 8.63. The number of halogens is 1. The molecule has 1 atom stereocenters. The molecule has 0 amide bonds. The van der Waals surface area contributed by atoms with E-state index in [0.29, 0.717) is 25.3 Å². The average Bonchev–Trinajstić information content (AvgIpc) is 2.32. The number of nitrogens with one attached hydrogen (secondary N) is 1. The Balaban J connectivity index is 2.58. The van der Waals surface area contributed by atoms with Crippen molar-refractivity contribution in [3.05, 3.63) is 29.6 Å². The van der Waals surface area contributed by atoms with E-state index in [9.17, 15) is 4.39 Å². The van der Waals surface area contributed by atoms with Crippen LogP contribution in [-0.2, 0) is 6.54 Å². The first-order valence-electron chi connectivity index (χ1n) is 6.43. The van der Waals surface area contributed by atoms with Crippen molar-refractivity contribution >= 4 is 0 Å². The number of rotatable bonds is 8. The van der Waals surface area contributed by atoms with Gasteiger partial charge in [-0.2, -0.15) is 0 Å². The lowest BCUT2D eigenvalue weighted by atomic mass is 10.2. The molecule has 0 saturated heterocycles. The lowest BCUT2D eigenvalue weighted by Crippen LogP contribution is -2.15. The Bertz CT molecular complexity index is 356. The smallest absolute Gasteiger partial charge is 0.123 e. The van der Waals surface area contributed by atoms with E-state index in [1.807, 2.05) is 0 Å². The van der Waals surface area contributed by atoms with Crippen LogP contribution >= 0.6 is 0 Å². The predicted molar refractivity (Wildman–Crippen MR) is 70.2 cm³/mol. The molecule has 1 rings (SSSR count). The Kier molecular flexibility index (Phi) is 6.68. The van der Waals surface area contributed by atoms with Gasteiger partial charge in [-0.3, -0.25) is 0 Å². The van der Waals surface area contributed by atoms with Gasteiger partial charge in [-0.1, -0.05) is 6.92 Å². The van der Waals surface area contributed by atoms with Gasteiger partial charge >= 0.3 is 0 Å². The summed E-state index contributed by atoms with van der Waals surface area (Å²) in [7, 11) is 0. The lowest BCUT2D eigenvalue weighted by Gasteiger charge is -2.13. The van der Waals surface area contributed by atoms with E-state index in [0.717, 1.165) is 18.5 Å². The van der Waals surface area contributed by atoms with Crippen LogP contribution in [0.15, 0.2) is 18.2 Å². The number of ether oxygens (including phenoxy) is 1. The highest BCUT2D eigenvalue weighted by Gasteiger charge is 2.06. The summed E-state index contributed by atoms with van der Waals surface area (Å²) in [6.07, 6.45) is 1.22. The number of aliphatic hydroxyl groups is 1. The van der Waals surface area contributed by atoms with Crippen molar-refractivity contribution in [2.24, 2.45) is 0 Å². The van der Waals surface area contributed by atoms with Crippen molar-refractivity contribution in [1.29, 1.82) is 0 Å². The predicted octanol–water partition coefficient (Wildman–Crippen LogP) is 2.48. The molecule has 0 fully saturated rings. The average molecular weight is 255 g/mol. The van der Waals surface area contributed by atoms with Gasteiger partial charge in [-0.25, -0.2) is 4.39 Å². The van der Waals surface area contributed by atoms with Gasteiger partial charge in [0.2, 0.25) is 0 Å². The zero-order chi connectivity index (χ0) is 13.4. The highest BCUT2D eigenvalue weighted by molar-refractivity contribution is 5.33. The minimum absolute atomic E-state index is 0.258. The molecule has 102 valence electrons. The van der Waals surface area contributed by atoms with Crippen LogP contribution in [0.2, 0.25) is 0 Å². The second-order valence-electron chi connectivity index (χ2n) is 4.41. The van der Waals surface area contributed by atoms with Gasteiger partial charge in [0.05, 0.1) is 12.7 Å². The molecular formula is C14H22FNO2. The molecule has 0 aliphatic rings. The van der Waals surface area contributed by atoms with Crippen LogP contribution in [0, 0.1) is 5.82 Å². The Morgan fingerprint density at radius 1 is 1.44 bits per heavy atom. The summed E-state index contributed by atoms with van der Waals surface area (Å²) >= 11 is 0. The van der Waals surface area contributed by atoms with Gasteiger partial charge in [0, 0.05) is 18.5 Å². The van der Waals surface area contributed by atoms with Crippen molar-refractivity contribution in [3.8, 4) is 5.75 Å². The van der Waals surface area contributed by atoms with E-state index >= 15 is 0 Å². The van der Waals surface area contributed by atoms with E-state index in [-0.39, 0.29) is 11.9 Å². The minimum Gasteiger partial charge on any atom is -0.493 e. The van der Waals surface area contributed by atoms with Gasteiger partial charge in [0.15, 0.2) is 0 Å². The number of hydrogen-bond acceptors (Lipinski definition) is 3. The fourth-order valence-electron chi connectivity index (χ4n) is 1.57. The molecule has 2 N–H and O–H groups in total. The maximum Gasteiger partial charge on any atom is 0.123 e. The Hall–Kier alpha value is -1.13. The van der Waals surface area contributed by atoms with Gasteiger partial charge in [-0.05, 0) is 38.1 Å². The van der Waals surface area contributed by atoms with Crippen LogP contribution < -0.4 is 10.1 Å². The van der Waals surface area contributed by atoms with Crippen molar-refractivity contribution in [2.75, 3.05) is 13.2 Å². The Labute approximate surface area is 108 Å². The summed E-state index contributed by atoms with van der Waals surface area (Å²) < 4.78 is 18.8. The number of benzene rings is 1. The normalized spacial score (nSPS) is 12.4. The second kappa shape index (κ2) is 8.06. The summed E-state index contributed by atoms with van der Waals surface area (Å²) in [5.74, 6) is 0.423. The minimum atomic E-state index is -0.382. The lowest BCUT2D eigenvalue weighted by molar-refractivity contribution is 0.155. The van der Waals surface area contributed by atoms with Gasteiger partial charge in [-0.15, -0.1) is 0 Å². The standard InChI is InChI=1S/C14H22FNO2/c1-3-7-16-10-12-9-13(15)4-5-14(12)18-8-6-11(2)17/h4-5,9,11,16-17H,3,6-8,10H2,1-2H3. The second-order valence-corrected chi connectivity index (χ2v) is 4.41. The molecule has 1 aromatic carbocycles. The van der Waals surface area contributed by atoms with E-state index < -0.39 is 0 Å². The van der Waals surface area contributed by atoms with Crippen LogP contribution in [-0.4, -0.2) is 24.4 Å². The Morgan fingerprint density at radius 2 is 2.22 bits per heavy atom. The molecule has 0 saturated carbocycles. The fraction of sp³-hybridized carbons (Fsp3) is 0.571. The molecule has 0 spiro atoms. The number of hydrogen-bond donors (Lipinski definition) is 2. The fourth-order valence-corrected chi connectivity index (χ4v) is 1.57. The molecule has 0 radical (unpaired) electrons. The van der Waals surface area contributed by atoms with E-state index in [4.69, 9.17) is 9.84 Å². The largest absolute Gasteiger partial charge is 0.493 e. The van der Waals surface area contributed by atoms with Crippen molar-refractivity contribution < 1.29 is 14.2 Å².